The fraction of sp³-hybridized carbons (Fsp3) is 0.350. The van der Waals surface area contributed by atoms with Crippen LogP contribution in [-0.2, 0) is 13.5 Å². The van der Waals surface area contributed by atoms with Gasteiger partial charge in [0.1, 0.15) is 17.1 Å². The first-order valence-electron chi connectivity index (χ1n) is 8.33. The molecule has 1 N–H and O–H groups in total. The Hall–Kier alpha value is -2.53. The molecular weight excluding hydrogens is 318 g/mol. The van der Waals surface area contributed by atoms with E-state index in [4.69, 9.17) is 9.47 Å². The van der Waals surface area contributed by atoms with E-state index in [0.717, 1.165) is 16.6 Å². The number of fused-ring (bicyclic) bond motifs is 4. The summed E-state index contributed by atoms with van der Waals surface area (Å²) in [6, 6.07) is 9.28. The average molecular weight is 339 g/mol. The number of ether oxygens (including phenoxy) is 2. The van der Waals surface area contributed by atoms with Gasteiger partial charge in [0, 0.05) is 30.5 Å². The summed E-state index contributed by atoms with van der Waals surface area (Å²) in [6.07, 6.45) is -0.229. The molecule has 0 radical (unpaired) electrons. The highest BCUT2D eigenvalue weighted by Gasteiger charge is 2.37. The molecule has 4 rings (SSSR count). The van der Waals surface area contributed by atoms with Crippen molar-refractivity contribution in [1.29, 1.82) is 0 Å². The van der Waals surface area contributed by atoms with E-state index < -0.39 is 11.7 Å². The number of nitrogens with zero attached hydrogens (tertiary/aromatic N) is 1. The molecule has 0 saturated carbocycles. The summed E-state index contributed by atoms with van der Waals surface area (Å²) in [4.78, 5) is 13.1. The standard InChI is InChI=1S/C20H21NO4/c1-20(2)16(22)9-12-14(25-20)10-15(24-4)17-18(12)21(3)13-8-6-5-7-11(13)19(17)23/h5-8,10,16,22H,9H2,1-4H3. The smallest absolute Gasteiger partial charge is 0.200 e. The maximum absolute atomic E-state index is 13.1. The van der Waals surface area contributed by atoms with E-state index in [2.05, 4.69) is 0 Å². The van der Waals surface area contributed by atoms with Gasteiger partial charge in [0.25, 0.3) is 0 Å². The van der Waals surface area contributed by atoms with Gasteiger partial charge in [-0.15, -0.1) is 0 Å². The van der Waals surface area contributed by atoms with Gasteiger partial charge in [0.15, 0.2) is 0 Å². The number of hydrogen-bond acceptors (Lipinski definition) is 4. The van der Waals surface area contributed by atoms with Crippen LogP contribution in [0.4, 0.5) is 0 Å². The number of aromatic nitrogens is 1. The molecule has 1 aliphatic heterocycles. The molecular formula is C20H21NO4. The number of rotatable bonds is 1. The van der Waals surface area contributed by atoms with Crippen LogP contribution in [0.2, 0.25) is 0 Å². The topological polar surface area (TPSA) is 60.7 Å². The number of benzene rings is 2. The van der Waals surface area contributed by atoms with Crippen LogP contribution in [0.15, 0.2) is 35.1 Å². The molecule has 2 heterocycles. The van der Waals surface area contributed by atoms with Crippen molar-refractivity contribution in [3.63, 3.8) is 0 Å². The van der Waals surface area contributed by atoms with Crippen LogP contribution in [0.3, 0.4) is 0 Å². The number of pyridine rings is 1. The van der Waals surface area contributed by atoms with Crippen LogP contribution in [0.25, 0.3) is 21.8 Å². The lowest BCUT2D eigenvalue weighted by atomic mass is 9.89. The maximum atomic E-state index is 13.1. The Morgan fingerprint density at radius 1 is 1.32 bits per heavy atom. The summed E-state index contributed by atoms with van der Waals surface area (Å²) in [7, 11) is 3.48. The van der Waals surface area contributed by atoms with Crippen LogP contribution >= 0.6 is 0 Å². The Kier molecular flexibility index (Phi) is 3.34. The van der Waals surface area contributed by atoms with E-state index in [1.54, 1.807) is 13.2 Å². The Balaban J connectivity index is 2.21. The lowest BCUT2D eigenvalue weighted by Crippen LogP contribution is -2.46. The first kappa shape index (κ1) is 16.0. The normalized spacial score (nSPS) is 18.8. The van der Waals surface area contributed by atoms with Crippen molar-refractivity contribution in [2.45, 2.75) is 32.0 Å². The third-order valence-electron chi connectivity index (χ3n) is 5.19. The van der Waals surface area contributed by atoms with Crippen LogP contribution in [-0.4, -0.2) is 28.5 Å². The van der Waals surface area contributed by atoms with Crippen LogP contribution in [0, 0.1) is 0 Å². The molecule has 1 unspecified atom stereocenters. The zero-order valence-corrected chi connectivity index (χ0v) is 14.8. The van der Waals surface area contributed by atoms with Crippen LogP contribution in [0.5, 0.6) is 11.5 Å². The highest BCUT2D eigenvalue weighted by atomic mass is 16.5. The van der Waals surface area contributed by atoms with E-state index in [9.17, 15) is 9.90 Å². The number of para-hydroxylation sites is 1. The van der Waals surface area contributed by atoms with Gasteiger partial charge in [0.05, 0.1) is 29.6 Å². The summed E-state index contributed by atoms with van der Waals surface area (Å²) >= 11 is 0. The van der Waals surface area contributed by atoms with Crippen molar-refractivity contribution in [3.8, 4) is 11.5 Å². The Bertz CT molecular complexity index is 1060. The fourth-order valence-corrected chi connectivity index (χ4v) is 3.71. The lowest BCUT2D eigenvalue weighted by Gasteiger charge is -2.38. The Labute approximate surface area is 145 Å². The summed E-state index contributed by atoms with van der Waals surface area (Å²) in [5, 5.41) is 11.7. The second-order valence-corrected chi connectivity index (χ2v) is 7.11. The highest BCUT2D eigenvalue weighted by Crippen LogP contribution is 2.41. The van der Waals surface area contributed by atoms with Crippen molar-refractivity contribution in [2.75, 3.05) is 7.11 Å². The molecule has 0 aliphatic carbocycles. The minimum absolute atomic E-state index is 0.0670. The number of hydrogen-bond donors (Lipinski definition) is 1. The molecule has 5 nitrogen and oxygen atoms in total. The summed E-state index contributed by atoms with van der Waals surface area (Å²) in [6.45, 7) is 3.72. The molecule has 2 aromatic carbocycles. The molecule has 3 aromatic rings. The first-order valence-corrected chi connectivity index (χ1v) is 8.33. The number of methoxy groups -OCH3 is 1. The molecule has 0 bridgehead atoms. The quantitative estimate of drug-likeness (QED) is 0.693. The zero-order valence-electron chi connectivity index (χ0n) is 14.8. The number of aliphatic hydroxyl groups excluding tert-OH is 1. The van der Waals surface area contributed by atoms with E-state index in [-0.39, 0.29) is 5.43 Å². The van der Waals surface area contributed by atoms with Gasteiger partial charge in [-0.25, -0.2) is 0 Å². The van der Waals surface area contributed by atoms with Gasteiger partial charge in [-0.05, 0) is 26.0 Å². The van der Waals surface area contributed by atoms with Gasteiger partial charge >= 0.3 is 0 Å². The Morgan fingerprint density at radius 3 is 2.76 bits per heavy atom. The second-order valence-electron chi connectivity index (χ2n) is 7.11. The fourth-order valence-electron chi connectivity index (χ4n) is 3.71. The third kappa shape index (κ3) is 2.15. The summed E-state index contributed by atoms with van der Waals surface area (Å²) < 4.78 is 13.5. The van der Waals surface area contributed by atoms with Crippen molar-refractivity contribution in [1.82, 2.24) is 4.57 Å². The molecule has 25 heavy (non-hydrogen) atoms. The predicted octanol–water partition coefficient (Wildman–Crippen LogP) is 2.77. The SMILES string of the molecule is COc1cc2c(c3c1c(=O)c1ccccc1n3C)CC(O)C(C)(C)O2. The summed E-state index contributed by atoms with van der Waals surface area (Å²) in [5.74, 6) is 1.15. The van der Waals surface area contributed by atoms with E-state index >= 15 is 0 Å². The largest absolute Gasteiger partial charge is 0.496 e. The number of aliphatic hydroxyl groups is 1. The second kappa shape index (κ2) is 5.23. The maximum Gasteiger partial charge on any atom is 0.200 e. The average Bonchev–Trinajstić information content (AvgIpc) is 2.59. The highest BCUT2D eigenvalue weighted by molar-refractivity contribution is 5.99. The van der Waals surface area contributed by atoms with E-state index in [1.807, 2.05) is 49.7 Å². The van der Waals surface area contributed by atoms with Crippen molar-refractivity contribution >= 4 is 21.8 Å². The van der Waals surface area contributed by atoms with Crippen LogP contribution in [0.1, 0.15) is 19.4 Å². The molecule has 1 aromatic heterocycles. The predicted molar refractivity (Wildman–Crippen MR) is 97.7 cm³/mol. The van der Waals surface area contributed by atoms with Crippen molar-refractivity contribution in [2.24, 2.45) is 7.05 Å². The minimum atomic E-state index is -0.693. The zero-order chi connectivity index (χ0) is 17.9. The molecule has 5 heteroatoms. The molecule has 130 valence electrons. The van der Waals surface area contributed by atoms with Crippen molar-refractivity contribution in [3.05, 3.63) is 46.1 Å². The molecule has 0 saturated heterocycles. The van der Waals surface area contributed by atoms with E-state index in [1.165, 1.54) is 0 Å². The molecule has 0 fully saturated rings. The lowest BCUT2D eigenvalue weighted by molar-refractivity contribution is -0.0408. The van der Waals surface area contributed by atoms with Crippen LogP contribution < -0.4 is 14.9 Å². The monoisotopic (exact) mass is 339 g/mol. The molecule has 1 atom stereocenters. The van der Waals surface area contributed by atoms with Gasteiger partial charge in [0.2, 0.25) is 5.43 Å². The molecule has 1 aliphatic rings. The summed E-state index contributed by atoms with van der Waals surface area (Å²) in [5.41, 5.74) is 1.68. The number of aryl methyl sites for hydroxylation is 1. The Morgan fingerprint density at radius 2 is 2.04 bits per heavy atom. The first-order chi connectivity index (χ1) is 11.8. The third-order valence-corrected chi connectivity index (χ3v) is 5.19. The van der Waals surface area contributed by atoms with Gasteiger partial charge in [-0.2, -0.15) is 0 Å². The van der Waals surface area contributed by atoms with Crippen molar-refractivity contribution < 1.29 is 14.6 Å². The molecule has 0 spiro atoms. The van der Waals surface area contributed by atoms with Gasteiger partial charge in [-0.3, -0.25) is 4.79 Å². The minimum Gasteiger partial charge on any atom is -0.496 e. The van der Waals surface area contributed by atoms with Gasteiger partial charge < -0.3 is 19.1 Å². The van der Waals surface area contributed by atoms with E-state index in [0.29, 0.717) is 28.7 Å². The van der Waals surface area contributed by atoms with Gasteiger partial charge in [-0.1, -0.05) is 12.1 Å². The molecule has 0 amide bonds.